The number of aromatic amines is 1. The van der Waals surface area contributed by atoms with Crippen LogP contribution in [-0.2, 0) is 11.2 Å². The number of aliphatic hydroxyl groups is 1. The van der Waals surface area contributed by atoms with Crippen LogP contribution in [0.25, 0.3) is 10.9 Å². The van der Waals surface area contributed by atoms with Crippen LogP contribution in [-0.4, -0.2) is 39.2 Å². The third-order valence-electron chi connectivity index (χ3n) is 4.08. The molecule has 0 aliphatic heterocycles. The number of amides is 1. The van der Waals surface area contributed by atoms with Crippen molar-refractivity contribution < 1.29 is 19.8 Å². The number of hydrogen-bond donors (Lipinski definition) is 4. The number of hydrogen-bond acceptors (Lipinski definition) is 3. The average Bonchev–Trinajstić information content (AvgIpc) is 3.04. The molecular weight excluding hydrogens is 356 g/mol. The van der Waals surface area contributed by atoms with E-state index in [4.69, 9.17) is 16.7 Å². The number of halogens is 1. The molecule has 134 valence electrons. The molecule has 0 radical (unpaired) electrons. The zero-order valence-corrected chi connectivity index (χ0v) is 14.4. The summed E-state index contributed by atoms with van der Waals surface area (Å²) < 4.78 is 0. The summed E-state index contributed by atoms with van der Waals surface area (Å²) in [6.45, 7) is 0. The fourth-order valence-electron chi connectivity index (χ4n) is 2.75. The van der Waals surface area contributed by atoms with Gasteiger partial charge in [0.1, 0.15) is 5.69 Å². The molecule has 0 saturated heterocycles. The van der Waals surface area contributed by atoms with Crippen LogP contribution in [0.3, 0.4) is 0 Å². The van der Waals surface area contributed by atoms with Crippen LogP contribution >= 0.6 is 11.6 Å². The zero-order valence-electron chi connectivity index (χ0n) is 13.6. The fraction of sp³-hybridized carbons (Fsp3) is 0.158. The number of carboxylic acid groups (broad SMARTS) is 1. The number of carboxylic acids is 1. The minimum absolute atomic E-state index is 0.187. The Morgan fingerprint density at radius 2 is 1.85 bits per heavy atom. The molecule has 1 heterocycles. The molecule has 0 saturated carbocycles. The highest BCUT2D eigenvalue weighted by Gasteiger charge is 2.28. The van der Waals surface area contributed by atoms with Crippen molar-refractivity contribution >= 4 is 34.4 Å². The number of fused-ring (bicyclic) bond motifs is 1. The van der Waals surface area contributed by atoms with Gasteiger partial charge in [-0.2, -0.15) is 0 Å². The smallest absolute Gasteiger partial charge is 0.334 e. The second kappa shape index (κ2) is 7.59. The highest BCUT2D eigenvalue weighted by Crippen LogP contribution is 2.20. The zero-order chi connectivity index (χ0) is 18.7. The van der Waals surface area contributed by atoms with Gasteiger partial charge in [0, 0.05) is 15.9 Å². The number of rotatable bonds is 6. The second-order valence-electron chi connectivity index (χ2n) is 5.97. The number of aromatic nitrogens is 1. The number of carbonyl (C=O) groups excluding carboxylic acids is 1. The Labute approximate surface area is 154 Å². The molecule has 2 aromatic carbocycles. The number of aliphatic hydroxyl groups excluding tert-OH is 1. The summed E-state index contributed by atoms with van der Waals surface area (Å²) in [5, 5.41) is 23.0. The van der Waals surface area contributed by atoms with Crippen LogP contribution in [0.15, 0.2) is 54.6 Å². The predicted octanol–water partition coefficient (Wildman–Crippen LogP) is 2.61. The lowest BCUT2D eigenvalue weighted by Gasteiger charge is -2.21. The van der Waals surface area contributed by atoms with Crippen LogP contribution in [0.5, 0.6) is 0 Å². The fourth-order valence-corrected chi connectivity index (χ4v) is 2.93. The van der Waals surface area contributed by atoms with Crippen molar-refractivity contribution in [3.05, 3.63) is 70.9 Å². The van der Waals surface area contributed by atoms with Gasteiger partial charge in [-0.05, 0) is 36.2 Å². The van der Waals surface area contributed by atoms with E-state index in [1.165, 1.54) is 0 Å². The van der Waals surface area contributed by atoms with Gasteiger partial charge in [-0.3, -0.25) is 4.79 Å². The first-order chi connectivity index (χ1) is 12.4. The predicted molar refractivity (Wildman–Crippen MR) is 98.4 cm³/mol. The molecule has 1 aromatic heterocycles. The van der Waals surface area contributed by atoms with E-state index in [-0.39, 0.29) is 12.1 Å². The van der Waals surface area contributed by atoms with Crippen LogP contribution in [0.1, 0.15) is 16.1 Å². The lowest BCUT2D eigenvalue weighted by Crippen LogP contribution is -2.48. The molecule has 0 unspecified atom stereocenters. The van der Waals surface area contributed by atoms with Gasteiger partial charge in [0.25, 0.3) is 5.91 Å². The average molecular weight is 373 g/mol. The van der Waals surface area contributed by atoms with Crippen molar-refractivity contribution in [2.45, 2.75) is 18.6 Å². The van der Waals surface area contributed by atoms with Gasteiger partial charge < -0.3 is 20.5 Å². The van der Waals surface area contributed by atoms with Gasteiger partial charge in [-0.1, -0.05) is 41.9 Å². The van der Waals surface area contributed by atoms with Crippen molar-refractivity contribution in [3.8, 4) is 0 Å². The van der Waals surface area contributed by atoms with E-state index in [0.717, 1.165) is 16.5 Å². The highest BCUT2D eigenvalue weighted by atomic mass is 35.5. The molecule has 3 rings (SSSR count). The van der Waals surface area contributed by atoms with E-state index in [2.05, 4.69) is 10.3 Å². The molecule has 2 atom stereocenters. The summed E-state index contributed by atoms with van der Waals surface area (Å²) >= 11 is 5.95. The van der Waals surface area contributed by atoms with Crippen molar-refractivity contribution in [2.24, 2.45) is 0 Å². The van der Waals surface area contributed by atoms with Crippen molar-refractivity contribution in [2.75, 3.05) is 0 Å². The minimum atomic E-state index is -1.72. The molecule has 0 aliphatic carbocycles. The summed E-state index contributed by atoms with van der Waals surface area (Å²) in [5.74, 6) is -1.90. The molecule has 0 bridgehead atoms. The monoisotopic (exact) mass is 372 g/mol. The summed E-state index contributed by atoms with van der Waals surface area (Å²) in [6, 6.07) is 14.9. The maximum Gasteiger partial charge on any atom is 0.334 e. The van der Waals surface area contributed by atoms with Gasteiger partial charge in [0.2, 0.25) is 0 Å². The van der Waals surface area contributed by atoms with E-state index in [9.17, 15) is 14.7 Å². The largest absolute Gasteiger partial charge is 0.479 e. The first-order valence-corrected chi connectivity index (χ1v) is 8.36. The Kier molecular flexibility index (Phi) is 5.25. The number of nitrogens with one attached hydrogen (secondary N) is 2. The maximum absolute atomic E-state index is 12.5. The summed E-state index contributed by atoms with van der Waals surface area (Å²) in [6.07, 6.45) is -1.54. The minimum Gasteiger partial charge on any atom is -0.479 e. The lowest BCUT2D eigenvalue weighted by molar-refractivity contribution is -0.148. The quantitative estimate of drug-likeness (QED) is 0.534. The van der Waals surface area contributed by atoms with Crippen LogP contribution in [0.4, 0.5) is 0 Å². The van der Waals surface area contributed by atoms with Crippen molar-refractivity contribution in [1.82, 2.24) is 10.3 Å². The lowest BCUT2D eigenvalue weighted by atomic mass is 10.0. The van der Waals surface area contributed by atoms with Gasteiger partial charge in [-0.15, -0.1) is 0 Å². The van der Waals surface area contributed by atoms with E-state index in [1.807, 2.05) is 18.2 Å². The molecule has 26 heavy (non-hydrogen) atoms. The molecule has 1 amide bonds. The topological polar surface area (TPSA) is 102 Å². The number of H-pyrrole nitrogens is 1. The van der Waals surface area contributed by atoms with E-state index >= 15 is 0 Å². The van der Waals surface area contributed by atoms with Crippen molar-refractivity contribution in [1.29, 1.82) is 0 Å². The van der Waals surface area contributed by atoms with Gasteiger partial charge in [-0.25, -0.2) is 4.79 Å². The Bertz CT molecular complexity index is 939. The van der Waals surface area contributed by atoms with Crippen LogP contribution < -0.4 is 5.32 Å². The molecule has 7 heteroatoms. The third-order valence-corrected chi connectivity index (χ3v) is 4.31. The summed E-state index contributed by atoms with van der Waals surface area (Å²) in [4.78, 5) is 26.7. The molecule has 0 aliphatic rings. The van der Waals surface area contributed by atoms with Gasteiger partial charge in [0.05, 0.1) is 6.04 Å². The molecule has 0 spiro atoms. The van der Waals surface area contributed by atoms with Gasteiger partial charge in [0.15, 0.2) is 6.10 Å². The summed E-state index contributed by atoms with van der Waals surface area (Å²) in [5.41, 5.74) is 1.80. The molecule has 3 aromatic rings. The number of carbonyl (C=O) groups is 2. The molecule has 6 nitrogen and oxygen atoms in total. The van der Waals surface area contributed by atoms with Crippen LogP contribution in [0, 0.1) is 0 Å². The van der Waals surface area contributed by atoms with E-state index in [1.54, 1.807) is 36.4 Å². The first-order valence-electron chi connectivity index (χ1n) is 7.98. The molecular formula is C19H17ClN2O4. The number of aliphatic carboxylic acids is 1. The third kappa shape index (κ3) is 4.04. The SMILES string of the molecule is O=C(N[C@H](Cc1ccccc1)[C@H](O)C(=O)O)c1cc2cc(Cl)ccc2[nH]1. The van der Waals surface area contributed by atoms with Crippen LogP contribution in [0.2, 0.25) is 5.02 Å². The Hall–Kier alpha value is -2.83. The second-order valence-corrected chi connectivity index (χ2v) is 6.40. The normalized spacial score (nSPS) is 13.3. The molecule has 4 N–H and O–H groups in total. The van der Waals surface area contributed by atoms with Gasteiger partial charge >= 0.3 is 5.97 Å². The summed E-state index contributed by atoms with van der Waals surface area (Å²) in [7, 11) is 0. The Morgan fingerprint density at radius 1 is 1.12 bits per heavy atom. The molecule has 0 fully saturated rings. The Morgan fingerprint density at radius 3 is 2.54 bits per heavy atom. The first kappa shape index (κ1) is 18.0. The number of benzene rings is 2. The van der Waals surface area contributed by atoms with E-state index < -0.39 is 24.0 Å². The Balaban J connectivity index is 1.82. The van der Waals surface area contributed by atoms with Crippen molar-refractivity contribution in [3.63, 3.8) is 0 Å². The standard InChI is InChI=1S/C19H17ClN2O4/c20-13-6-7-14-12(9-13)10-16(21-14)18(24)22-15(17(23)19(25)26)8-11-4-2-1-3-5-11/h1-7,9-10,15,17,21,23H,8H2,(H,22,24)(H,25,26)/t15-,17+/m1/s1. The maximum atomic E-state index is 12.5. The van der Waals surface area contributed by atoms with E-state index in [0.29, 0.717) is 5.02 Å². The highest BCUT2D eigenvalue weighted by molar-refractivity contribution is 6.31.